The topological polar surface area (TPSA) is 96.7 Å². The van der Waals surface area contributed by atoms with Crippen LogP contribution in [0.3, 0.4) is 0 Å². The number of aromatic hydroxyl groups is 1. The van der Waals surface area contributed by atoms with Crippen LogP contribution in [0, 0.1) is 0 Å². The predicted molar refractivity (Wildman–Crippen MR) is 91.8 cm³/mol. The van der Waals surface area contributed by atoms with E-state index in [-0.39, 0.29) is 11.4 Å². The molecule has 0 bridgehead atoms. The molecule has 23 heavy (non-hydrogen) atoms. The number of hydrogen-bond donors (Lipinski definition) is 2. The number of ether oxygens (including phenoxy) is 1. The van der Waals surface area contributed by atoms with Crippen molar-refractivity contribution in [2.45, 2.75) is 6.92 Å². The Morgan fingerprint density at radius 2 is 2.22 bits per heavy atom. The van der Waals surface area contributed by atoms with Gasteiger partial charge in [0.15, 0.2) is 11.5 Å². The van der Waals surface area contributed by atoms with Crippen molar-refractivity contribution in [3.63, 3.8) is 0 Å². The minimum Gasteiger partial charge on any atom is -0.503 e. The molecule has 120 valence electrons. The Morgan fingerprint density at radius 3 is 2.87 bits per heavy atom. The van der Waals surface area contributed by atoms with Crippen LogP contribution in [0.2, 0.25) is 0 Å². The largest absolute Gasteiger partial charge is 0.503 e. The first kappa shape index (κ1) is 17.4. The number of hydrazone groups is 1. The summed E-state index contributed by atoms with van der Waals surface area (Å²) in [7, 11) is 0. The van der Waals surface area contributed by atoms with Gasteiger partial charge >= 0.3 is 0 Å². The average Bonchev–Trinajstić information content (AvgIpc) is 2.57. The van der Waals surface area contributed by atoms with Crippen molar-refractivity contribution in [1.82, 2.24) is 15.4 Å². The number of phenolic OH excluding ortho intramolecular Hbond substituents is 1. The van der Waals surface area contributed by atoms with E-state index in [0.29, 0.717) is 26.9 Å². The molecule has 1 heterocycles. The van der Waals surface area contributed by atoms with Crippen LogP contribution < -0.4 is 10.2 Å². The molecule has 0 fully saturated rings. The molecule has 7 nitrogen and oxygen atoms in total. The number of phenols is 1. The predicted octanol–water partition coefficient (Wildman–Crippen LogP) is 2.87. The number of nitrogens with one attached hydrogen (secondary N) is 1. The zero-order chi connectivity index (χ0) is 16.8. The molecule has 0 radical (unpaired) electrons. The Kier molecular flexibility index (Phi) is 6.05. The maximum Gasteiger partial charge on any atom is 0.291 e. The van der Waals surface area contributed by atoms with Crippen LogP contribution in [0.1, 0.15) is 23.0 Å². The SMILES string of the molecule is CCOc1cc(/C=N/NC(=O)c2cnccn2)c(Br)c(Br)c1O. The number of rotatable bonds is 5. The first-order chi connectivity index (χ1) is 11.0. The van der Waals surface area contributed by atoms with Gasteiger partial charge in [0.05, 0.1) is 23.5 Å². The molecule has 2 aromatic rings. The fraction of sp³-hybridized carbons (Fsp3) is 0.143. The number of halogens is 2. The lowest BCUT2D eigenvalue weighted by Crippen LogP contribution is -2.19. The second-order valence-corrected chi connectivity index (χ2v) is 5.75. The molecule has 2 rings (SSSR count). The van der Waals surface area contributed by atoms with Gasteiger partial charge in [-0.25, -0.2) is 10.4 Å². The molecular formula is C14H12Br2N4O3. The Morgan fingerprint density at radius 1 is 1.43 bits per heavy atom. The molecule has 0 aliphatic heterocycles. The van der Waals surface area contributed by atoms with Gasteiger partial charge in [-0.1, -0.05) is 0 Å². The van der Waals surface area contributed by atoms with E-state index in [0.717, 1.165) is 0 Å². The summed E-state index contributed by atoms with van der Waals surface area (Å²) in [5, 5.41) is 13.8. The van der Waals surface area contributed by atoms with Crippen molar-refractivity contribution in [1.29, 1.82) is 0 Å². The summed E-state index contributed by atoms with van der Waals surface area (Å²) in [5.41, 5.74) is 3.12. The third-order valence-electron chi connectivity index (χ3n) is 2.64. The number of carbonyl (C=O) groups excluding carboxylic acids is 1. The van der Waals surface area contributed by atoms with E-state index in [4.69, 9.17) is 4.74 Å². The lowest BCUT2D eigenvalue weighted by Gasteiger charge is -2.10. The summed E-state index contributed by atoms with van der Waals surface area (Å²) in [5.74, 6) is -0.183. The molecule has 0 spiro atoms. The highest BCUT2D eigenvalue weighted by Gasteiger charge is 2.14. The van der Waals surface area contributed by atoms with Crippen molar-refractivity contribution in [3.8, 4) is 11.5 Å². The van der Waals surface area contributed by atoms with E-state index >= 15 is 0 Å². The Bertz CT molecular complexity index is 739. The van der Waals surface area contributed by atoms with Crippen LogP contribution in [-0.2, 0) is 0 Å². The van der Waals surface area contributed by atoms with E-state index in [1.54, 1.807) is 6.07 Å². The van der Waals surface area contributed by atoms with Crippen LogP contribution in [0.15, 0.2) is 38.7 Å². The molecule has 0 aliphatic carbocycles. The minimum absolute atomic E-state index is 0.0144. The number of amides is 1. The number of aromatic nitrogens is 2. The molecule has 9 heteroatoms. The summed E-state index contributed by atoms with van der Waals surface area (Å²) in [6.45, 7) is 2.21. The minimum atomic E-state index is -0.478. The van der Waals surface area contributed by atoms with E-state index in [1.807, 2.05) is 6.92 Å². The maximum atomic E-state index is 11.8. The quantitative estimate of drug-likeness (QED) is 0.547. The average molecular weight is 444 g/mol. The van der Waals surface area contributed by atoms with Crippen LogP contribution in [0.25, 0.3) is 0 Å². The summed E-state index contributed by atoms with van der Waals surface area (Å²) in [6.07, 6.45) is 5.65. The Labute approximate surface area is 149 Å². The molecule has 1 aromatic heterocycles. The van der Waals surface area contributed by atoms with E-state index in [2.05, 4.69) is 52.4 Å². The van der Waals surface area contributed by atoms with Crippen molar-refractivity contribution < 1.29 is 14.6 Å². The van der Waals surface area contributed by atoms with Gasteiger partial charge in [0.2, 0.25) is 0 Å². The maximum absolute atomic E-state index is 11.8. The summed E-state index contributed by atoms with van der Waals surface area (Å²) in [6, 6.07) is 1.60. The van der Waals surface area contributed by atoms with Crippen molar-refractivity contribution in [2.75, 3.05) is 6.61 Å². The van der Waals surface area contributed by atoms with Gasteiger partial charge in [-0.3, -0.25) is 9.78 Å². The lowest BCUT2D eigenvalue weighted by atomic mass is 10.2. The normalized spacial score (nSPS) is 10.7. The molecular weight excluding hydrogens is 432 g/mol. The second kappa shape index (κ2) is 8.02. The summed E-state index contributed by atoms with van der Waals surface area (Å²) < 4.78 is 6.36. The smallest absolute Gasteiger partial charge is 0.291 e. The van der Waals surface area contributed by atoms with Gasteiger partial charge in [0, 0.05) is 22.4 Å². The number of nitrogens with zero attached hydrogens (tertiary/aromatic N) is 3. The molecule has 0 unspecified atom stereocenters. The van der Waals surface area contributed by atoms with E-state index in [9.17, 15) is 9.90 Å². The Balaban J connectivity index is 2.18. The molecule has 1 amide bonds. The molecule has 0 atom stereocenters. The van der Waals surface area contributed by atoms with Crippen LogP contribution in [0.4, 0.5) is 0 Å². The monoisotopic (exact) mass is 442 g/mol. The summed E-state index contributed by atoms with van der Waals surface area (Å²) in [4.78, 5) is 19.5. The van der Waals surface area contributed by atoms with Crippen molar-refractivity contribution >= 4 is 44.0 Å². The third-order valence-corrected chi connectivity index (χ3v) is 4.80. The summed E-state index contributed by atoms with van der Waals surface area (Å²) >= 11 is 6.60. The zero-order valence-corrected chi connectivity index (χ0v) is 15.1. The number of benzene rings is 1. The van der Waals surface area contributed by atoms with Crippen molar-refractivity contribution in [3.05, 3.63) is 44.9 Å². The Hall–Kier alpha value is -2.00. The first-order valence-electron chi connectivity index (χ1n) is 6.47. The van der Waals surface area contributed by atoms with Gasteiger partial charge in [-0.2, -0.15) is 5.10 Å². The van der Waals surface area contributed by atoms with Crippen LogP contribution >= 0.6 is 31.9 Å². The molecule has 1 aromatic carbocycles. The van der Waals surface area contributed by atoms with Gasteiger partial charge in [-0.15, -0.1) is 0 Å². The molecule has 2 N–H and O–H groups in total. The molecule has 0 aliphatic rings. The highest BCUT2D eigenvalue weighted by atomic mass is 79.9. The fourth-order valence-electron chi connectivity index (χ4n) is 1.61. The second-order valence-electron chi connectivity index (χ2n) is 4.16. The van der Waals surface area contributed by atoms with Gasteiger partial charge in [0.25, 0.3) is 5.91 Å². The molecule has 0 saturated heterocycles. The third kappa shape index (κ3) is 4.26. The standard InChI is InChI=1S/C14H12Br2N4O3/c1-2-23-10-5-8(11(15)12(16)13(10)21)6-19-20-14(22)9-7-17-3-4-18-9/h3-7,21H,2H2,1H3,(H,20,22)/b19-6+. The number of hydrogen-bond acceptors (Lipinski definition) is 6. The highest BCUT2D eigenvalue weighted by molar-refractivity contribution is 9.13. The molecule has 0 saturated carbocycles. The number of carbonyl (C=O) groups is 1. The van der Waals surface area contributed by atoms with Gasteiger partial charge in [-0.05, 0) is 44.8 Å². The first-order valence-corrected chi connectivity index (χ1v) is 8.06. The lowest BCUT2D eigenvalue weighted by molar-refractivity contribution is 0.0949. The van der Waals surface area contributed by atoms with Crippen LogP contribution in [0.5, 0.6) is 11.5 Å². The van der Waals surface area contributed by atoms with Gasteiger partial charge < -0.3 is 9.84 Å². The van der Waals surface area contributed by atoms with E-state index < -0.39 is 5.91 Å². The van der Waals surface area contributed by atoms with Gasteiger partial charge in [0.1, 0.15) is 5.69 Å². The highest BCUT2D eigenvalue weighted by Crippen LogP contribution is 2.41. The van der Waals surface area contributed by atoms with Crippen LogP contribution in [-0.4, -0.2) is 33.8 Å². The van der Waals surface area contributed by atoms with E-state index in [1.165, 1.54) is 24.8 Å². The van der Waals surface area contributed by atoms with Crippen molar-refractivity contribution in [2.24, 2.45) is 5.10 Å². The fourth-order valence-corrected chi connectivity index (χ4v) is 2.43. The zero-order valence-electron chi connectivity index (χ0n) is 12.0.